The summed E-state index contributed by atoms with van der Waals surface area (Å²) in [5.41, 5.74) is 2.14. The normalized spacial score (nSPS) is 17.6. The molecule has 3 rings (SSSR count). The van der Waals surface area contributed by atoms with Gasteiger partial charge in [-0.2, -0.15) is 0 Å². The predicted molar refractivity (Wildman–Crippen MR) is 113 cm³/mol. The Kier molecular flexibility index (Phi) is 6.99. The molecule has 156 valence electrons. The van der Waals surface area contributed by atoms with Crippen molar-refractivity contribution in [2.24, 2.45) is 0 Å². The third kappa shape index (κ3) is 4.82. The number of likely N-dealkylation sites (tertiary alicyclic amines) is 1. The number of hydrogen-bond donors (Lipinski definition) is 1. The summed E-state index contributed by atoms with van der Waals surface area (Å²) in [6, 6.07) is 13.5. The van der Waals surface area contributed by atoms with E-state index in [9.17, 15) is 4.79 Å². The maximum absolute atomic E-state index is 12.8. The molecule has 29 heavy (non-hydrogen) atoms. The average Bonchev–Trinajstić information content (AvgIpc) is 3.26. The summed E-state index contributed by atoms with van der Waals surface area (Å²) in [6.45, 7) is 3.35. The average molecular weight is 399 g/mol. The smallest absolute Gasteiger partial charge is 0.237 e. The van der Waals surface area contributed by atoms with Crippen LogP contribution in [0.3, 0.4) is 0 Å². The van der Waals surface area contributed by atoms with E-state index < -0.39 is 0 Å². The minimum absolute atomic E-state index is 0.0280. The summed E-state index contributed by atoms with van der Waals surface area (Å²) in [5, 5.41) is 3.06. The van der Waals surface area contributed by atoms with Gasteiger partial charge < -0.3 is 19.5 Å². The van der Waals surface area contributed by atoms with E-state index >= 15 is 0 Å². The van der Waals surface area contributed by atoms with Gasteiger partial charge in [0.25, 0.3) is 0 Å². The number of carbonyl (C=O) groups excluding carboxylic acids is 1. The van der Waals surface area contributed by atoms with Gasteiger partial charge in [0.2, 0.25) is 5.91 Å². The second-order valence-electron chi connectivity index (χ2n) is 7.25. The first-order valence-electron chi connectivity index (χ1n) is 9.95. The number of amides is 1. The van der Waals surface area contributed by atoms with Crippen LogP contribution in [0.15, 0.2) is 42.5 Å². The van der Waals surface area contributed by atoms with Gasteiger partial charge in [-0.05, 0) is 50.1 Å². The van der Waals surface area contributed by atoms with E-state index in [4.69, 9.17) is 14.2 Å². The number of benzene rings is 2. The largest absolute Gasteiger partial charge is 0.497 e. The maximum atomic E-state index is 12.8. The van der Waals surface area contributed by atoms with Crippen molar-refractivity contribution in [2.45, 2.75) is 38.4 Å². The molecule has 1 aliphatic heterocycles. The van der Waals surface area contributed by atoms with Crippen molar-refractivity contribution in [1.82, 2.24) is 10.2 Å². The highest BCUT2D eigenvalue weighted by Crippen LogP contribution is 2.39. The van der Waals surface area contributed by atoms with Gasteiger partial charge in [-0.3, -0.25) is 9.69 Å². The second-order valence-corrected chi connectivity index (χ2v) is 7.25. The summed E-state index contributed by atoms with van der Waals surface area (Å²) in [6.07, 6.45) is 2.05. The standard InChI is InChI=1S/C23H30N2O4/c1-16(23(26)24-15-17-7-9-18(27-2)10-8-17)25-13-5-6-21(25)20-12-11-19(28-3)14-22(20)29-4/h7-12,14,16,21H,5-6,13,15H2,1-4H3,(H,24,26)/t16-,21+/m0/s1. The van der Waals surface area contributed by atoms with Crippen LogP contribution in [0, 0.1) is 0 Å². The zero-order chi connectivity index (χ0) is 20.8. The Morgan fingerprint density at radius 2 is 1.76 bits per heavy atom. The maximum Gasteiger partial charge on any atom is 0.237 e. The van der Waals surface area contributed by atoms with E-state index in [2.05, 4.69) is 10.2 Å². The molecular weight excluding hydrogens is 368 g/mol. The van der Waals surface area contributed by atoms with Crippen LogP contribution in [0.25, 0.3) is 0 Å². The van der Waals surface area contributed by atoms with Crippen molar-refractivity contribution in [3.05, 3.63) is 53.6 Å². The Hall–Kier alpha value is -2.73. The molecule has 0 bridgehead atoms. The molecule has 2 aromatic carbocycles. The van der Waals surface area contributed by atoms with Crippen LogP contribution in [-0.4, -0.2) is 44.7 Å². The van der Waals surface area contributed by atoms with E-state index in [1.165, 1.54) is 0 Å². The van der Waals surface area contributed by atoms with Crippen LogP contribution in [0.4, 0.5) is 0 Å². The van der Waals surface area contributed by atoms with Gasteiger partial charge in [-0.1, -0.05) is 18.2 Å². The van der Waals surface area contributed by atoms with Crippen LogP contribution in [0.1, 0.15) is 36.9 Å². The Balaban J connectivity index is 1.67. The van der Waals surface area contributed by atoms with Crippen LogP contribution >= 0.6 is 0 Å². The number of nitrogens with one attached hydrogen (secondary N) is 1. The Morgan fingerprint density at radius 1 is 1.07 bits per heavy atom. The van der Waals surface area contributed by atoms with Gasteiger partial charge in [0.15, 0.2) is 0 Å². The lowest BCUT2D eigenvalue weighted by Crippen LogP contribution is -2.44. The van der Waals surface area contributed by atoms with Crippen LogP contribution in [-0.2, 0) is 11.3 Å². The zero-order valence-corrected chi connectivity index (χ0v) is 17.6. The molecule has 6 heteroatoms. The van der Waals surface area contributed by atoms with E-state index in [0.29, 0.717) is 6.54 Å². The minimum Gasteiger partial charge on any atom is -0.497 e. The minimum atomic E-state index is -0.229. The van der Waals surface area contributed by atoms with Gasteiger partial charge in [-0.15, -0.1) is 0 Å². The molecule has 0 aromatic heterocycles. The van der Waals surface area contributed by atoms with E-state index in [1.807, 2.05) is 49.4 Å². The molecule has 0 spiro atoms. The van der Waals surface area contributed by atoms with Crippen molar-refractivity contribution in [1.29, 1.82) is 0 Å². The molecule has 2 aromatic rings. The lowest BCUT2D eigenvalue weighted by atomic mass is 10.0. The SMILES string of the molecule is COc1ccc(CNC(=O)[C@H](C)N2CCC[C@@H]2c2ccc(OC)cc2OC)cc1. The monoisotopic (exact) mass is 398 g/mol. The van der Waals surface area contributed by atoms with Crippen molar-refractivity contribution < 1.29 is 19.0 Å². The number of rotatable bonds is 8. The van der Waals surface area contributed by atoms with Crippen molar-refractivity contribution in [2.75, 3.05) is 27.9 Å². The third-order valence-corrected chi connectivity index (χ3v) is 5.60. The first-order valence-corrected chi connectivity index (χ1v) is 9.95. The fourth-order valence-corrected chi connectivity index (χ4v) is 3.91. The molecule has 1 heterocycles. The number of methoxy groups -OCH3 is 3. The van der Waals surface area contributed by atoms with Crippen LogP contribution < -0.4 is 19.5 Å². The summed E-state index contributed by atoms with van der Waals surface area (Å²) in [7, 11) is 4.96. The second kappa shape index (κ2) is 9.65. The molecule has 1 saturated heterocycles. The molecule has 0 aliphatic carbocycles. The van der Waals surface area contributed by atoms with Gasteiger partial charge >= 0.3 is 0 Å². The Morgan fingerprint density at radius 3 is 2.41 bits per heavy atom. The van der Waals surface area contributed by atoms with Crippen LogP contribution in [0.5, 0.6) is 17.2 Å². The van der Waals surface area contributed by atoms with Crippen molar-refractivity contribution in [3.8, 4) is 17.2 Å². The predicted octanol–water partition coefficient (Wildman–Crippen LogP) is 3.55. The highest BCUT2D eigenvalue weighted by atomic mass is 16.5. The molecule has 0 radical (unpaired) electrons. The van der Waals surface area contributed by atoms with E-state index in [-0.39, 0.29) is 18.0 Å². The summed E-state index contributed by atoms with van der Waals surface area (Å²) in [4.78, 5) is 15.1. The number of nitrogens with zero attached hydrogens (tertiary/aromatic N) is 1. The quantitative estimate of drug-likeness (QED) is 0.737. The molecule has 6 nitrogen and oxygen atoms in total. The highest BCUT2D eigenvalue weighted by Gasteiger charge is 2.34. The number of carbonyl (C=O) groups is 1. The first-order chi connectivity index (χ1) is 14.1. The molecule has 1 fully saturated rings. The van der Waals surface area contributed by atoms with Gasteiger partial charge in [-0.25, -0.2) is 0 Å². The molecule has 1 amide bonds. The molecular formula is C23H30N2O4. The Bertz CT molecular complexity index is 822. The van der Waals surface area contributed by atoms with E-state index in [1.54, 1.807) is 21.3 Å². The molecule has 0 unspecified atom stereocenters. The lowest BCUT2D eigenvalue weighted by Gasteiger charge is -2.31. The fourth-order valence-electron chi connectivity index (χ4n) is 3.91. The van der Waals surface area contributed by atoms with Crippen molar-refractivity contribution in [3.63, 3.8) is 0 Å². The fraction of sp³-hybridized carbons (Fsp3) is 0.435. The summed E-state index contributed by atoms with van der Waals surface area (Å²) >= 11 is 0. The van der Waals surface area contributed by atoms with Crippen molar-refractivity contribution >= 4 is 5.91 Å². The number of hydrogen-bond acceptors (Lipinski definition) is 5. The summed E-state index contributed by atoms with van der Waals surface area (Å²) < 4.78 is 16.1. The van der Waals surface area contributed by atoms with Gasteiger partial charge in [0.05, 0.1) is 27.4 Å². The van der Waals surface area contributed by atoms with Gasteiger partial charge in [0, 0.05) is 24.2 Å². The summed E-state index contributed by atoms with van der Waals surface area (Å²) in [5.74, 6) is 2.40. The highest BCUT2D eigenvalue weighted by molar-refractivity contribution is 5.81. The third-order valence-electron chi connectivity index (χ3n) is 5.60. The Labute approximate surface area is 172 Å². The molecule has 2 atom stereocenters. The molecule has 1 N–H and O–H groups in total. The van der Waals surface area contributed by atoms with Crippen LogP contribution in [0.2, 0.25) is 0 Å². The van der Waals surface area contributed by atoms with Gasteiger partial charge in [0.1, 0.15) is 17.2 Å². The first kappa shape index (κ1) is 21.0. The topological polar surface area (TPSA) is 60.0 Å². The van der Waals surface area contributed by atoms with E-state index in [0.717, 1.165) is 47.8 Å². The zero-order valence-electron chi connectivity index (χ0n) is 17.6. The molecule has 0 saturated carbocycles. The number of ether oxygens (including phenoxy) is 3. The lowest BCUT2D eigenvalue weighted by molar-refractivity contribution is -0.126. The molecule has 1 aliphatic rings.